The zero-order valence-corrected chi connectivity index (χ0v) is 14.9. The van der Waals surface area contributed by atoms with Gasteiger partial charge in [0.2, 0.25) is 5.91 Å². The highest BCUT2D eigenvalue weighted by Gasteiger charge is 2.23. The molecule has 25 heavy (non-hydrogen) atoms. The molecule has 0 aliphatic heterocycles. The molecule has 0 radical (unpaired) electrons. The summed E-state index contributed by atoms with van der Waals surface area (Å²) in [6.07, 6.45) is 3.12. The molecule has 1 fully saturated rings. The average Bonchev–Trinajstić information content (AvgIpc) is 3.42. The van der Waals surface area contributed by atoms with Gasteiger partial charge in [0.25, 0.3) is 0 Å². The molecule has 0 spiro atoms. The molecule has 0 atom stereocenters. The van der Waals surface area contributed by atoms with Gasteiger partial charge in [-0.1, -0.05) is 30.8 Å². The lowest BCUT2D eigenvalue weighted by molar-refractivity contribution is -0.117. The largest absolute Gasteiger partial charge is 0.367 e. The van der Waals surface area contributed by atoms with Crippen molar-refractivity contribution >= 4 is 40.4 Å². The van der Waals surface area contributed by atoms with Gasteiger partial charge in [-0.05, 0) is 31.4 Å². The molecule has 1 heterocycles. The number of para-hydroxylation sites is 1. The van der Waals surface area contributed by atoms with Crippen LogP contribution < -0.4 is 16.0 Å². The van der Waals surface area contributed by atoms with Crippen molar-refractivity contribution in [3.8, 4) is 0 Å². The number of anilines is 1. The Morgan fingerprint density at radius 1 is 1.24 bits per heavy atom. The minimum absolute atomic E-state index is 0.0841. The van der Waals surface area contributed by atoms with Crippen LogP contribution in [0.1, 0.15) is 26.2 Å². The molecule has 1 aliphatic carbocycles. The van der Waals surface area contributed by atoms with Crippen molar-refractivity contribution in [1.82, 2.24) is 20.6 Å². The maximum atomic E-state index is 11.9. The van der Waals surface area contributed by atoms with Gasteiger partial charge in [-0.3, -0.25) is 10.1 Å². The Bertz CT molecular complexity index is 779. The third-order valence-electron chi connectivity index (χ3n) is 3.62. The normalized spacial score (nSPS) is 13.5. The fourth-order valence-electron chi connectivity index (χ4n) is 2.23. The number of hydrogen-bond acceptors (Lipinski definition) is 6. The number of aromatic nitrogens is 2. The van der Waals surface area contributed by atoms with Gasteiger partial charge in [0.1, 0.15) is 5.82 Å². The van der Waals surface area contributed by atoms with Gasteiger partial charge in [-0.25, -0.2) is 14.8 Å². The number of urea groups is 1. The van der Waals surface area contributed by atoms with Gasteiger partial charge in [0.05, 0.1) is 11.3 Å². The quantitative estimate of drug-likeness (QED) is 0.519. The first kappa shape index (κ1) is 17.5. The molecule has 3 amide bonds. The predicted octanol–water partition coefficient (Wildman–Crippen LogP) is 2.53. The first-order valence-electron chi connectivity index (χ1n) is 8.39. The van der Waals surface area contributed by atoms with Gasteiger partial charge in [-0.2, -0.15) is 0 Å². The fraction of sp³-hybridized carbons (Fsp3) is 0.412. The SMILES string of the molecule is CCCNC(=O)NC(=O)CSc1nc(NC2CC2)c2ccccc2n1. The number of thioether (sulfide) groups is 1. The first-order chi connectivity index (χ1) is 12.2. The molecule has 1 saturated carbocycles. The van der Waals surface area contributed by atoms with Crippen molar-refractivity contribution in [2.45, 2.75) is 37.4 Å². The van der Waals surface area contributed by atoms with Crippen LogP contribution in [0.15, 0.2) is 29.4 Å². The van der Waals surface area contributed by atoms with Gasteiger partial charge >= 0.3 is 6.03 Å². The zero-order valence-electron chi connectivity index (χ0n) is 14.0. The van der Waals surface area contributed by atoms with E-state index in [0.717, 1.165) is 36.0 Å². The molecule has 132 valence electrons. The van der Waals surface area contributed by atoms with Crippen LogP contribution in [0.25, 0.3) is 10.9 Å². The average molecular weight is 359 g/mol. The Labute approximate surface area is 150 Å². The van der Waals surface area contributed by atoms with Crippen molar-refractivity contribution in [2.75, 3.05) is 17.6 Å². The summed E-state index contributed by atoms with van der Waals surface area (Å²) in [5, 5.41) is 9.81. The van der Waals surface area contributed by atoms with E-state index in [1.165, 1.54) is 11.8 Å². The minimum atomic E-state index is -0.469. The summed E-state index contributed by atoms with van der Waals surface area (Å²) < 4.78 is 0. The van der Waals surface area contributed by atoms with Crippen LogP contribution in [0.5, 0.6) is 0 Å². The molecule has 8 heteroatoms. The molecule has 0 unspecified atom stereocenters. The lowest BCUT2D eigenvalue weighted by Gasteiger charge is -2.10. The van der Waals surface area contributed by atoms with Crippen molar-refractivity contribution in [3.05, 3.63) is 24.3 Å². The van der Waals surface area contributed by atoms with E-state index in [9.17, 15) is 9.59 Å². The van der Waals surface area contributed by atoms with Crippen LogP contribution in [-0.2, 0) is 4.79 Å². The number of rotatable bonds is 7. The molecule has 1 aromatic carbocycles. The van der Waals surface area contributed by atoms with Crippen LogP contribution in [0.2, 0.25) is 0 Å². The molecule has 0 saturated heterocycles. The van der Waals surface area contributed by atoms with Crippen LogP contribution in [0.3, 0.4) is 0 Å². The Morgan fingerprint density at radius 2 is 2.04 bits per heavy atom. The van der Waals surface area contributed by atoms with Crippen LogP contribution in [-0.4, -0.2) is 40.2 Å². The summed E-state index contributed by atoms with van der Waals surface area (Å²) in [6.45, 7) is 2.48. The highest BCUT2D eigenvalue weighted by atomic mass is 32.2. The Balaban J connectivity index is 1.64. The van der Waals surface area contributed by atoms with E-state index >= 15 is 0 Å². The zero-order chi connectivity index (χ0) is 17.6. The maximum Gasteiger partial charge on any atom is 0.321 e. The summed E-state index contributed by atoms with van der Waals surface area (Å²) in [5.41, 5.74) is 0.837. The summed E-state index contributed by atoms with van der Waals surface area (Å²) in [7, 11) is 0. The standard InChI is InChI=1S/C17H21N5O2S/c1-2-9-18-16(24)21-14(23)10-25-17-20-13-6-4-3-5-12(13)15(22-17)19-11-7-8-11/h3-6,11H,2,7-10H2,1H3,(H,19,20,22)(H2,18,21,23,24). The minimum Gasteiger partial charge on any atom is -0.367 e. The predicted molar refractivity (Wildman–Crippen MR) is 98.7 cm³/mol. The van der Waals surface area contributed by atoms with Crippen molar-refractivity contribution < 1.29 is 9.59 Å². The molecule has 1 aliphatic rings. The highest BCUT2D eigenvalue weighted by Crippen LogP contribution is 2.29. The highest BCUT2D eigenvalue weighted by molar-refractivity contribution is 7.99. The van der Waals surface area contributed by atoms with Crippen LogP contribution in [0, 0.1) is 0 Å². The molecular weight excluding hydrogens is 338 g/mol. The number of nitrogens with zero attached hydrogens (tertiary/aromatic N) is 2. The molecule has 3 rings (SSSR count). The number of imide groups is 1. The lowest BCUT2D eigenvalue weighted by atomic mass is 10.2. The van der Waals surface area contributed by atoms with E-state index in [1.54, 1.807) is 0 Å². The number of carbonyl (C=O) groups is 2. The molecule has 7 nitrogen and oxygen atoms in total. The number of benzene rings is 1. The fourth-order valence-corrected chi connectivity index (χ4v) is 2.88. The Hall–Kier alpha value is -2.35. The Kier molecular flexibility index (Phi) is 5.70. The second kappa shape index (κ2) is 8.15. The monoisotopic (exact) mass is 359 g/mol. The van der Waals surface area contributed by atoms with Crippen molar-refractivity contribution in [1.29, 1.82) is 0 Å². The molecule has 2 aromatic rings. The van der Waals surface area contributed by atoms with Crippen molar-refractivity contribution in [2.24, 2.45) is 0 Å². The summed E-state index contributed by atoms with van der Waals surface area (Å²) in [5.74, 6) is 0.518. The summed E-state index contributed by atoms with van der Waals surface area (Å²) >= 11 is 1.22. The second-order valence-electron chi connectivity index (χ2n) is 5.88. The Morgan fingerprint density at radius 3 is 2.80 bits per heavy atom. The number of amides is 3. The van der Waals surface area contributed by atoms with Crippen LogP contribution in [0.4, 0.5) is 10.6 Å². The van der Waals surface area contributed by atoms with Gasteiger partial charge in [0.15, 0.2) is 5.16 Å². The van der Waals surface area contributed by atoms with Gasteiger partial charge < -0.3 is 10.6 Å². The third-order valence-corrected chi connectivity index (χ3v) is 4.47. The third kappa shape index (κ3) is 5.06. The number of hydrogen-bond donors (Lipinski definition) is 3. The van der Waals surface area contributed by atoms with E-state index in [2.05, 4.69) is 25.9 Å². The number of fused-ring (bicyclic) bond motifs is 1. The van der Waals surface area contributed by atoms with E-state index in [0.29, 0.717) is 17.7 Å². The smallest absolute Gasteiger partial charge is 0.321 e. The summed E-state index contributed by atoms with van der Waals surface area (Å²) in [4.78, 5) is 32.4. The topological polar surface area (TPSA) is 96.0 Å². The number of carbonyl (C=O) groups excluding carboxylic acids is 2. The van der Waals surface area contributed by atoms with Gasteiger partial charge in [0, 0.05) is 18.0 Å². The summed E-state index contributed by atoms with van der Waals surface area (Å²) in [6, 6.07) is 7.80. The molecule has 1 aromatic heterocycles. The van der Waals surface area contributed by atoms with E-state index < -0.39 is 6.03 Å². The van der Waals surface area contributed by atoms with E-state index in [4.69, 9.17) is 0 Å². The van der Waals surface area contributed by atoms with E-state index in [1.807, 2.05) is 31.2 Å². The lowest BCUT2D eigenvalue weighted by Crippen LogP contribution is -2.40. The second-order valence-corrected chi connectivity index (χ2v) is 6.83. The van der Waals surface area contributed by atoms with Crippen LogP contribution >= 0.6 is 11.8 Å². The first-order valence-corrected chi connectivity index (χ1v) is 9.38. The molecule has 3 N–H and O–H groups in total. The molecular formula is C17H21N5O2S. The molecule has 0 bridgehead atoms. The van der Waals surface area contributed by atoms with E-state index in [-0.39, 0.29) is 11.7 Å². The van der Waals surface area contributed by atoms with Crippen molar-refractivity contribution in [3.63, 3.8) is 0 Å². The maximum absolute atomic E-state index is 11.9. The van der Waals surface area contributed by atoms with Gasteiger partial charge in [-0.15, -0.1) is 0 Å². The number of nitrogens with one attached hydrogen (secondary N) is 3.